The van der Waals surface area contributed by atoms with E-state index in [0.29, 0.717) is 18.2 Å². The van der Waals surface area contributed by atoms with Crippen LogP contribution in [-0.4, -0.2) is 50.3 Å². The van der Waals surface area contributed by atoms with Gasteiger partial charge >= 0.3 is 6.03 Å². The average Bonchev–Trinajstić information content (AvgIpc) is 2.54. The van der Waals surface area contributed by atoms with Gasteiger partial charge in [-0.2, -0.15) is 0 Å². The molecular weight excluding hydrogens is 310 g/mol. The second-order valence-electron chi connectivity index (χ2n) is 6.94. The maximum Gasteiger partial charge on any atom is 0.317 e. The number of nitrogens with one attached hydrogen (secondary N) is 1. The maximum atomic E-state index is 12.2. The van der Waals surface area contributed by atoms with Crippen LogP contribution in [0.4, 0.5) is 4.79 Å². The van der Waals surface area contributed by atoms with Crippen LogP contribution in [0, 0.1) is 0 Å². The molecule has 0 radical (unpaired) electrons. The molecule has 1 aliphatic rings. The first-order valence-electron chi connectivity index (χ1n) is 8.19. The van der Waals surface area contributed by atoms with E-state index in [1.54, 1.807) is 0 Å². The third-order valence-electron chi connectivity index (χ3n) is 4.21. The lowest BCUT2D eigenvalue weighted by Crippen LogP contribution is -2.45. The molecule has 0 saturated carbocycles. The number of likely N-dealkylation sites (tertiary alicyclic amines) is 1. The van der Waals surface area contributed by atoms with Crippen molar-refractivity contribution in [3.63, 3.8) is 0 Å². The summed E-state index contributed by atoms with van der Waals surface area (Å²) in [7, 11) is -0.928. The topological polar surface area (TPSA) is 62.3 Å². The third kappa shape index (κ3) is 5.30. The third-order valence-corrected chi connectivity index (χ3v) is 6.15. The van der Waals surface area contributed by atoms with Crippen LogP contribution < -0.4 is 5.32 Å². The summed E-state index contributed by atoms with van der Waals surface area (Å²) in [6.07, 6.45) is 5.60. The number of amides is 2. The number of carbonyl (C=O) groups excluding carboxylic acids is 1. The van der Waals surface area contributed by atoms with Crippen LogP contribution in [0.15, 0.2) is 24.5 Å². The van der Waals surface area contributed by atoms with E-state index < -0.39 is 10.8 Å². The second-order valence-corrected chi connectivity index (χ2v) is 9.26. The van der Waals surface area contributed by atoms with Gasteiger partial charge in [-0.3, -0.25) is 9.19 Å². The van der Waals surface area contributed by atoms with Crippen LogP contribution >= 0.6 is 0 Å². The molecule has 2 amide bonds. The molecule has 1 aromatic rings. The predicted octanol–water partition coefficient (Wildman–Crippen LogP) is 2.52. The van der Waals surface area contributed by atoms with Gasteiger partial charge in [0.25, 0.3) is 0 Å². The van der Waals surface area contributed by atoms with E-state index in [-0.39, 0.29) is 10.8 Å². The van der Waals surface area contributed by atoms with E-state index in [9.17, 15) is 9.00 Å². The molecule has 0 aromatic carbocycles. The number of urea groups is 1. The molecule has 0 bridgehead atoms. The predicted molar refractivity (Wildman–Crippen MR) is 93.9 cm³/mol. The lowest BCUT2D eigenvalue weighted by Gasteiger charge is -2.32. The Morgan fingerprint density at radius 3 is 2.48 bits per heavy atom. The number of aromatic nitrogens is 1. The molecule has 1 N–H and O–H groups in total. The fraction of sp³-hybridized carbons (Fsp3) is 0.647. The van der Waals surface area contributed by atoms with Gasteiger partial charge in [-0.1, -0.05) is 0 Å². The molecule has 2 rings (SSSR count). The summed E-state index contributed by atoms with van der Waals surface area (Å²) >= 11 is 0. The summed E-state index contributed by atoms with van der Waals surface area (Å²) < 4.78 is 11.7. The number of piperidine rings is 1. The normalized spacial score (nSPS) is 17.8. The van der Waals surface area contributed by atoms with Gasteiger partial charge in [-0.15, -0.1) is 0 Å². The van der Waals surface area contributed by atoms with Crippen molar-refractivity contribution in [3.8, 4) is 0 Å². The first kappa shape index (κ1) is 17.9. The second kappa shape index (κ2) is 7.90. The standard InChI is InChI=1S/C17H27N3O2S/c1-17(2,3)23(22)13-10-19-16(21)20-11-6-15(7-12-20)14-4-8-18-9-5-14/h4-5,8-9,15H,6-7,10-13H2,1-3H3,(H,19,21)/t23-/m1/s1. The lowest BCUT2D eigenvalue weighted by molar-refractivity contribution is 0.182. The number of hydrogen-bond donors (Lipinski definition) is 1. The summed E-state index contributed by atoms with van der Waals surface area (Å²) in [6.45, 7) is 7.85. The molecule has 1 fully saturated rings. The van der Waals surface area contributed by atoms with E-state index >= 15 is 0 Å². The van der Waals surface area contributed by atoms with Crippen LogP contribution in [0.2, 0.25) is 0 Å². The molecule has 5 nitrogen and oxygen atoms in total. The van der Waals surface area contributed by atoms with Crippen molar-refractivity contribution in [2.45, 2.75) is 44.3 Å². The van der Waals surface area contributed by atoms with E-state index in [1.807, 2.05) is 38.1 Å². The van der Waals surface area contributed by atoms with Crippen LogP contribution in [0.1, 0.15) is 45.1 Å². The first-order valence-corrected chi connectivity index (χ1v) is 9.51. The number of pyridine rings is 1. The summed E-state index contributed by atoms with van der Waals surface area (Å²) in [4.78, 5) is 18.1. The Morgan fingerprint density at radius 2 is 1.91 bits per heavy atom. The van der Waals surface area contributed by atoms with Crippen molar-refractivity contribution in [1.82, 2.24) is 15.2 Å². The largest absolute Gasteiger partial charge is 0.337 e. The smallest absolute Gasteiger partial charge is 0.317 e. The first-order chi connectivity index (χ1) is 10.9. The SMILES string of the molecule is CC(C)(C)[S@](=O)CCNC(=O)N1CCC(c2ccncc2)CC1. The molecular formula is C17H27N3O2S. The number of rotatable bonds is 4. The van der Waals surface area contributed by atoms with E-state index in [2.05, 4.69) is 22.4 Å². The molecule has 128 valence electrons. The van der Waals surface area contributed by atoms with Gasteiger partial charge in [0.15, 0.2) is 0 Å². The molecule has 1 saturated heterocycles. The zero-order valence-electron chi connectivity index (χ0n) is 14.2. The Balaban J connectivity index is 1.73. The molecule has 0 spiro atoms. The van der Waals surface area contributed by atoms with Gasteiger partial charge in [0, 0.05) is 53.3 Å². The van der Waals surface area contributed by atoms with Crippen LogP contribution in [0.25, 0.3) is 0 Å². The number of hydrogen-bond acceptors (Lipinski definition) is 3. The molecule has 0 unspecified atom stereocenters. The minimum atomic E-state index is -0.928. The molecule has 1 atom stereocenters. The van der Waals surface area contributed by atoms with E-state index in [4.69, 9.17) is 0 Å². The van der Waals surface area contributed by atoms with Crippen LogP contribution in [0.3, 0.4) is 0 Å². The molecule has 0 aliphatic carbocycles. The minimum absolute atomic E-state index is 0.0379. The lowest BCUT2D eigenvalue weighted by atomic mass is 9.90. The zero-order chi connectivity index (χ0) is 16.9. The van der Waals surface area contributed by atoms with Crippen molar-refractivity contribution in [1.29, 1.82) is 0 Å². The van der Waals surface area contributed by atoms with Gasteiger partial charge in [0.05, 0.1) is 0 Å². The molecule has 23 heavy (non-hydrogen) atoms. The Bertz CT molecular complexity index is 535. The van der Waals surface area contributed by atoms with Gasteiger partial charge in [-0.25, -0.2) is 4.79 Å². The van der Waals surface area contributed by atoms with E-state index in [1.165, 1.54) is 5.56 Å². The Morgan fingerprint density at radius 1 is 1.30 bits per heavy atom. The highest BCUT2D eigenvalue weighted by atomic mass is 32.2. The molecule has 2 heterocycles. The highest BCUT2D eigenvalue weighted by Crippen LogP contribution is 2.27. The van der Waals surface area contributed by atoms with Crippen molar-refractivity contribution < 1.29 is 9.00 Å². The van der Waals surface area contributed by atoms with Gasteiger partial charge < -0.3 is 10.2 Å². The fourth-order valence-electron chi connectivity index (χ4n) is 2.72. The molecule has 6 heteroatoms. The quantitative estimate of drug-likeness (QED) is 0.918. The number of carbonyl (C=O) groups is 1. The monoisotopic (exact) mass is 337 g/mol. The summed E-state index contributed by atoms with van der Waals surface area (Å²) in [6, 6.07) is 4.08. The van der Waals surface area contributed by atoms with Gasteiger partial charge in [0.2, 0.25) is 0 Å². The van der Waals surface area contributed by atoms with E-state index in [0.717, 1.165) is 25.9 Å². The van der Waals surface area contributed by atoms with Crippen molar-refractivity contribution in [2.75, 3.05) is 25.4 Å². The van der Waals surface area contributed by atoms with Gasteiger partial charge in [0.1, 0.15) is 0 Å². The van der Waals surface area contributed by atoms with Crippen molar-refractivity contribution >= 4 is 16.8 Å². The minimum Gasteiger partial charge on any atom is -0.337 e. The highest BCUT2D eigenvalue weighted by Gasteiger charge is 2.24. The summed E-state index contributed by atoms with van der Waals surface area (Å²) in [5.41, 5.74) is 1.31. The average molecular weight is 337 g/mol. The van der Waals surface area contributed by atoms with Gasteiger partial charge in [-0.05, 0) is 57.2 Å². The van der Waals surface area contributed by atoms with Crippen molar-refractivity contribution in [3.05, 3.63) is 30.1 Å². The zero-order valence-corrected chi connectivity index (χ0v) is 15.1. The molecule has 1 aliphatic heterocycles. The highest BCUT2D eigenvalue weighted by molar-refractivity contribution is 7.86. The summed E-state index contributed by atoms with van der Waals surface area (Å²) in [5, 5.41) is 2.89. The van der Waals surface area contributed by atoms with Crippen LogP contribution in [-0.2, 0) is 10.8 Å². The number of nitrogens with zero attached hydrogens (tertiary/aromatic N) is 2. The molecule has 1 aromatic heterocycles. The Hall–Kier alpha value is -1.43. The maximum absolute atomic E-state index is 12.2. The fourth-order valence-corrected chi connectivity index (χ4v) is 3.62. The van der Waals surface area contributed by atoms with Crippen LogP contribution in [0.5, 0.6) is 0 Å². The Kier molecular flexibility index (Phi) is 6.16. The van der Waals surface area contributed by atoms with Crippen molar-refractivity contribution in [2.24, 2.45) is 0 Å². The summed E-state index contributed by atoms with van der Waals surface area (Å²) in [5.74, 6) is 1.01. The Labute approximate surface area is 141 Å².